The number of hydrogen-bond donors (Lipinski definition) is 1. The van der Waals surface area contributed by atoms with E-state index in [2.05, 4.69) is 0 Å². The number of ether oxygens (including phenoxy) is 1. The third-order valence-corrected chi connectivity index (χ3v) is 3.00. The number of aliphatic hydroxyl groups is 1. The summed E-state index contributed by atoms with van der Waals surface area (Å²) in [5.41, 5.74) is 1.99. The first-order valence-electron chi connectivity index (χ1n) is 6.50. The number of rotatable bonds is 6. The van der Waals surface area contributed by atoms with Crippen molar-refractivity contribution >= 4 is 5.97 Å². The molecule has 1 aromatic rings. The highest BCUT2D eigenvalue weighted by atomic mass is 16.5. The number of esters is 1. The molecule has 1 aromatic carbocycles. The Kier molecular flexibility index (Phi) is 5.86. The molecule has 1 unspecified atom stereocenters. The molecule has 0 aromatic heterocycles. The SMILES string of the molecule is CCCCC(=O)Oc1ccc(C(C)CO)cc1C. The van der Waals surface area contributed by atoms with Crippen LogP contribution in [0, 0.1) is 6.92 Å². The van der Waals surface area contributed by atoms with Crippen molar-refractivity contribution in [3.05, 3.63) is 29.3 Å². The number of aliphatic hydroxyl groups excluding tert-OH is 1. The van der Waals surface area contributed by atoms with E-state index in [1.807, 2.05) is 32.9 Å². The predicted molar refractivity (Wildman–Crippen MR) is 71.8 cm³/mol. The molecule has 0 fully saturated rings. The summed E-state index contributed by atoms with van der Waals surface area (Å²) < 4.78 is 5.31. The number of unbranched alkanes of at least 4 members (excludes halogenated alkanes) is 1. The molecule has 0 radical (unpaired) electrons. The van der Waals surface area contributed by atoms with Crippen LogP contribution in [0.1, 0.15) is 50.2 Å². The van der Waals surface area contributed by atoms with Crippen molar-refractivity contribution in [2.45, 2.75) is 46.0 Å². The third kappa shape index (κ3) is 4.15. The van der Waals surface area contributed by atoms with Gasteiger partial charge in [0.05, 0.1) is 0 Å². The average molecular weight is 250 g/mol. The minimum absolute atomic E-state index is 0.105. The lowest BCUT2D eigenvalue weighted by Gasteiger charge is -2.12. The fourth-order valence-electron chi connectivity index (χ4n) is 1.69. The quantitative estimate of drug-likeness (QED) is 0.623. The molecule has 3 nitrogen and oxygen atoms in total. The van der Waals surface area contributed by atoms with Crippen molar-refractivity contribution in [2.24, 2.45) is 0 Å². The summed E-state index contributed by atoms with van der Waals surface area (Å²) in [5, 5.41) is 9.11. The standard InChI is InChI=1S/C15H22O3/c1-4-5-6-15(17)18-14-8-7-13(9-11(14)2)12(3)10-16/h7-9,12,16H,4-6,10H2,1-3H3. The Labute approximate surface area is 109 Å². The Hall–Kier alpha value is -1.35. The molecule has 0 bridgehead atoms. The van der Waals surface area contributed by atoms with E-state index >= 15 is 0 Å². The molecular weight excluding hydrogens is 228 g/mol. The molecule has 0 heterocycles. The maximum absolute atomic E-state index is 11.5. The van der Waals surface area contributed by atoms with E-state index in [0.29, 0.717) is 12.2 Å². The summed E-state index contributed by atoms with van der Waals surface area (Å²) in [5.74, 6) is 0.543. The zero-order valence-electron chi connectivity index (χ0n) is 11.4. The highest BCUT2D eigenvalue weighted by molar-refractivity contribution is 5.72. The summed E-state index contributed by atoms with van der Waals surface area (Å²) in [6.07, 6.45) is 2.31. The van der Waals surface area contributed by atoms with Gasteiger partial charge in [-0.15, -0.1) is 0 Å². The first kappa shape index (κ1) is 14.7. The number of carbonyl (C=O) groups excluding carboxylic acids is 1. The lowest BCUT2D eigenvalue weighted by atomic mass is 10.00. The van der Waals surface area contributed by atoms with Crippen LogP contribution in [0.5, 0.6) is 5.75 Å². The molecule has 1 rings (SSSR count). The lowest BCUT2D eigenvalue weighted by molar-refractivity contribution is -0.134. The van der Waals surface area contributed by atoms with Gasteiger partial charge in [0, 0.05) is 18.9 Å². The largest absolute Gasteiger partial charge is 0.426 e. The molecule has 0 aliphatic carbocycles. The molecule has 0 aliphatic rings. The van der Waals surface area contributed by atoms with Crippen LogP contribution < -0.4 is 4.74 Å². The molecule has 18 heavy (non-hydrogen) atoms. The van der Waals surface area contributed by atoms with E-state index in [-0.39, 0.29) is 18.5 Å². The van der Waals surface area contributed by atoms with E-state index in [0.717, 1.165) is 24.0 Å². The second kappa shape index (κ2) is 7.17. The Balaban J connectivity index is 2.70. The molecule has 3 heteroatoms. The molecule has 0 spiro atoms. The van der Waals surface area contributed by atoms with Crippen LogP contribution in [0.25, 0.3) is 0 Å². The molecule has 100 valence electrons. The number of carbonyl (C=O) groups is 1. The maximum atomic E-state index is 11.5. The van der Waals surface area contributed by atoms with Crippen molar-refractivity contribution < 1.29 is 14.6 Å². The van der Waals surface area contributed by atoms with Gasteiger partial charge in [-0.25, -0.2) is 0 Å². The molecule has 0 saturated heterocycles. The van der Waals surface area contributed by atoms with Crippen molar-refractivity contribution in [1.82, 2.24) is 0 Å². The van der Waals surface area contributed by atoms with Crippen molar-refractivity contribution in [2.75, 3.05) is 6.61 Å². The summed E-state index contributed by atoms with van der Waals surface area (Å²) in [6.45, 7) is 6.04. The van der Waals surface area contributed by atoms with Crippen LogP contribution in [-0.4, -0.2) is 17.7 Å². The van der Waals surface area contributed by atoms with E-state index in [1.165, 1.54) is 0 Å². The van der Waals surface area contributed by atoms with Gasteiger partial charge in [0.15, 0.2) is 0 Å². The van der Waals surface area contributed by atoms with Gasteiger partial charge in [-0.1, -0.05) is 32.4 Å². The molecule has 0 aliphatic heterocycles. The molecule has 0 saturated carbocycles. The number of benzene rings is 1. The molecule has 1 atom stereocenters. The Morgan fingerprint density at radius 2 is 2.17 bits per heavy atom. The summed E-state index contributed by atoms with van der Waals surface area (Å²) in [6, 6.07) is 5.67. The first-order chi connectivity index (χ1) is 8.58. The second-order valence-electron chi connectivity index (χ2n) is 4.69. The van der Waals surface area contributed by atoms with Crippen LogP contribution in [-0.2, 0) is 4.79 Å². The molecule has 1 N–H and O–H groups in total. The minimum Gasteiger partial charge on any atom is -0.426 e. The third-order valence-electron chi connectivity index (χ3n) is 3.00. The summed E-state index contributed by atoms with van der Waals surface area (Å²) in [7, 11) is 0. The van der Waals surface area contributed by atoms with Gasteiger partial charge < -0.3 is 9.84 Å². The number of aryl methyl sites for hydroxylation is 1. The van der Waals surface area contributed by atoms with Gasteiger partial charge in [0.1, 0.15) is 5.75 Å². The Morgan fingerprint density at radius 1 is 1.44 bits per heavy atom. The maximum Gasteiger partial charge on any atom is 0.311 e. The fourth-order valence-corrected chi connectivity index (χ4v) is 1.69. The van der Waals surface area contributed by atoms with Crippen LogP contribution in [0.4, 0.5) is 0 Å². The highest BCUT2D eigenvalue weighted by Gasteiger charge is 2.10. The van der Waals surface area contributed by atoms with Crippen molar-refractivity contribution in [1.29, 1.82) is 0 Å². The van der Waals surface area contributed by atoms with Gasteiger partial charge in [-0.2, -0.15) is 0 Å². The summed E-state index contributed by atoms with van der Waals surface area (Å²) in [4.78, 5) is 11.5. The van der Waals surface area contributed by atoms with Crippen LogP contribution in [0.15, 0.2) is 18.2 Å². The monoisotopic (exact) mass is 250 g/mol. The predicted octanol–water partition coefficient (Wildman–Crippen LogP) is 3.19. The first-order valence-corrected chi connectivity index (χ1v) is 6.50. The van der Waals surface area contributed by atoms with Gasteiger partial charge in [0.25, 0.3) is 0 Å². The topological polar surface area (TPSA) is 46.5 Å². The van der Waals surface area contributed by atoms with Gasteiger partial charge in [-0.05, 0) is 30.5 Å². The van der Waals surface area contributed by atoms with Gasteiger partial charge >= 0.3 is 5.97 Å². The van der Waals surface area contributed by atoms with E-state index in [1.54, 1.807) is 6.07 Å². The molecular formula is C15H22O3. The van der Waals surface area contributed by atoms with Gasteiger partial charge in [-0.3, -0.25) is 4.79 Å². The zero-order chi connectivity index (χ0) is 13.5. The smallest absolute Gasteiger partial charge is 0.311 e. The van der Waals surface area contributed by atoms with Gasteiger partial charge in [0.2, 0.25) is 0 Å². The van der Waals surface area contributed by atoms with E-state index < -0.39 is 0 Å². The average Bonchev–Trinajstić information content (AvgIpc) is 2.37. The molecule has 0 amide bonds. The van der Waals surface area contributed by atoms with E-state index in [9.17, 15) is 4.79 Å². The second-order valence-corrected chi connectivity index (χ2v) is 4.69. The minimum atomic E-state index is -0.178. The van der Waals surface area contributed by atoms with Crippen LogP contribution in [0.3, 0.4) is 0 Å². The van der Waals surface area contributed by atoms with Crippen molar-refractivity contribution in [3.8, 4) is 5.75 Å². The number of hydrogen-bond acceptors (Lipinski definition) is 3. The summed E-state index contributed by atoms with van der Waals surface area (Å²) >= 11 is 0. The normalized spacial score (nSPS) is 12.2. The highest BCUT2D eigenvalue weighted by Crippen LogP contribution is 2.24. The van der Waals surface area contributed by atoms with Crippen LogP contribution in [0.2, 0.25) is 0 Å². The van der Waals surface area contributed by atoms with E-state index in [4.69, 9.17) is 9.84 Å². The van der Waals surface area contributed by atoms with Crippen LogP contribution >= 0.6 is 0 Å². The zero-order valence-corrected chi connectivity index (χ0v) is 11.4. The fraction of sp³-hybridized carbons (Fsp3) is 0.533. The van der Waals surface area contributed by atoms with Crippen molar-refractivity contribution in [3.63, 3.8) is 0 Å². The lowest BCUT2D eigenvalue weighted by Crippen LogP contribution is -2.08. The Morgan fingerprint density at radius 3 is 2.72 bits per heavy atom. The Bertz CT molecular complexity index is 399.